The largest absolute Gasteiger partial charge is 0.494 e. The fourth-order valence-electron chi connectivity index (χ4n) is 7.38. The Morgan fingerprint density at radius 2 is 1.76 bits per heavy atom. The third-order valence-electron chi connectivity index (χ3n) is 10.3. The van der Waals surface area contributed by atoms with E-state index in [-0.39, 0.29) is 0 Å². The SMILES string of the molecule is CCc1cc(Nc2ncc(Br)c(Nc3ccc(-c4cccc5cc[nH]c45)cc3P(C)C)n2)c(OC)cc1N1CCC(N2CCN(C)CC2)CC1. The molecule has 7 rings (SSSR count). The maximum Gasteiger partial charge on any atom is 0.229 e. The second kappa shape index (κ2) is 15.3. The highest BCUT2D eigenvalue weighted by Gasteiger charge is 2.28. The van der Waals surface area contributed by atoms with Gasteiger partial charge in [-0.3, -0.25) is 4.90 Å². The summed E-state index contributed by atoms with van der Waals surface area (Å²) in [5, 5.41) is 9.59. The van der Waals surface area contributed by atoms with Crippen molar-refractivity contribution in [2.24, 2.45) is 0 Å². The molecule has 0 bridgehead atoms. The second-order valence-corrected chi connectivity index (χ2v) is 16.7. The predicted octanol–water partition coefficient (Wildman–Crippen LogP) is 8.03. The van der Waals surface area contributed by atoms with Gasteiger partial charge in [-0.15, -0.1) is 0 Å². The molecule has 0 spiro atoms. The number of ether oxygens (including phenoxy) is 1. The first-order chi connectivity index (χ1) is 24.3. The van der Waals surface area contributed by atoms with E-state index in [4.69, 9.17) is 9.72 Å². The van der Waals surface area contributed by atoms with Crippen LogP contribution in [-0.2, 0) is 6.42 Å². The highest BCUT2D eigenvalue weighted by atomic mass is 79.9. The zero-order valence-electron chi connectivity index (χ0n) is 29.8. The van der Waals surface area contributed by atoms with Crippen LogP contribution in [0, 0.1) is 0 Å². The highest BCUT2D eigenvalue weighted by Crippen LogP contribution is 2.38. The van der Waals surface area contributed by atoms with Gasteiger partial charge in [0.1, 0.15) is 11.6 Å². The smallest absolute Gasteiger partial charge is 0.229 e. The lowest BCUT2D eigenvalue weighted by molar-refractivity contribution is 0.0982. The molecule has 3 N–H and O–H groups in total. The summed E-state index contributed by atoms with van der Waals surface area (Å²) in [6.45, 7) is 13.6. The summed E-state index contributed by atoms with van der Waals surface area (Å²) in [6.07, 6.45) is 7.12. The van der Waals surface area contributed by atoms with Crippen LogP contribution >= 0.6 is 23.9 Å². The van der Waals surface area contributed by atoms with Crippen molar-refractivity contribution in [3.8, 4) is 16.9 Å². The van der Waals surface area contributed by atoms with E-state index in [2.05, 4.69) is 133 Å². The van der Waals surface area contributed by atoms with Gasteiger partial charge < -0.3 is 30.2 Å². The molecule has 0 radical (unpaired) electrons. The normalized spacial score (nSPS) is 16.3. The number of hydrogen-bond donors (Lipinski definition) is 3. The molecular formula is C39H48BrN8OP. The van der Waals surface area contributed by atoms with Gasteiger partial charge in [0.15, 0.2) is 0 Å². The lowest BCUT2D eigenvalue weighted by atomic mass is 9.99. The molecule has 262 valence electrons. The Morgan fingerprint density at radius 1 is 0.960 bits per heavy atom. The van der Waals surface area contributed by atoms with Crippen molar-refractivity contribution < 1.29 is 4.74 Å². The maximum absolute atomic E-state index is 5.95. The van der Waals surface area contributed by atoms with Crippen molar-refractivity contribution in [3.63, 3.8) is 0 Å². The van der Waals surface area contributed by atoms with E-state index in [0.29, 0.717) is 17.8 Å². The third kappa shape index (κ3) is 7.35. The van der Waals surface area contributed by atoms with Gasteiger partial charge in [0, 0.05) is 80.7 Å². The molecule has 4 heterocycles. The van der Waals surface area contributed by atoms with E-state index in [9.17, 15) is 0 Å². The molecule has 2 saturated heterocycles. The fraction of sp³-hybridized carbons (Fsp3) is 0.385. The monoisotopic (exact) mass is 754 g/mol. The Labute approximate surface area is 305 Å². The molecule has 50 heavy (non-hydrogen) atoms. The molecule has 11 heteroatoms. The summed E-state index contributed by atoms with van der Waals surface area (Å²) in [5.41, 5.74) is 8.02. The lowest BCUT2D eigenvalue weighted by Crippen LogP contribution is -2.52. The number of aromatic amines is 1. The van der Waals surface area contributed by atoms with E-state index >= 15 is 0 Å². The number of hydrogen-bond acceptors (Lipinski definition) is 8. The molecule has 2 aromatic heterocycles. The van der Waals surface area contributed by atoms with E-state index in [1.54, 1.807) is 13.3 Å². The van der Waals surface area contributed by atoms with Crippen molar-refractivity contribution >= 4 is 68.9 Å². The van der Waals surface area contributed by atoms with Gasteiger partial charge in [-0.1, -0.05) is 39.1 Å². The molecular weight excluding hydrogens is 707 g/mol. The average molecular weight is 756 g/mol. The molecule has 2 fully saturated rings. The molecule has 0 unspecified atom stereocenters. The molecule has 0 aliphatic carbocycles. The van der Waals surface area contributed by atoms with E-state index in [1.165, 1.54) is 72.1 Å². The average Bonchev–Trinajstić information content (AvgIpc) is 3.63. The van der Waals surface area contributed by atoms with E-state index < -0.39 is 7.92 Å². The Bertz CT molecular complexity index is 1950. The highest BCUT2D eigenvalue weighted by molar-refractivity contribution is 9.10. The number of rotatable bonds is 10. The minimum absolute atomic E-state index is 0.409. The number of nitrogens with zero attached hydrogens (tertiary/aromatic N) is 5. The topological polar surface area (TPSA) is 84.6 Å². The third-order valence-corrected chi connectivity index (χ3v) is 12.2. The van der Waals surface area contributed by atoms with Crippen molar-refractivity contribution in [2.75, 3.05) is 82.3 Å². The number of para-hydroxylation sites is 1. The molecule has 9 nitrogen and oxygen atoms in total. The summed E-state index contributed by atoms with van der Waals surface area (Å²) >= 11 is 3.70. The van der Waals surface area contributed by atoms with Crippen molar-refractivity contribution in [3.05, 3.63) is 77.0 Å². The quantitative estimate of drug-likeness (QED) is 0.124. The Kier molecular flexibility index (Phi) is 10.6. The minimum Gasteiger partial charge on any atom is -0.494 e. The first-order valence-electron chi connectivity index (χ1n) is 17.6. The predicted molar refractivity (Wildman–Crippen MR) is 215 cm³/mol. The number of anilines is 5. The van der Waals surface area contributed by atoms with Gasteiger partial charge >= 0.3 is 0 Å². The number of likely N-dealkylation sites (N-methyl/N-ethyl adjacent to an activating group) is 1. The zero-order valence-corrected chi connectivity index (χ0v) is 32.2. The van der Waals surface area contributed by atoms with Crippen LogP contribution < -0.4 is 25.6 Å². The van der Waals surface area contributed by atoms with Crippen LogP contribution in [0.2, 0.25) is 0 Å². The number of H-pyrrole nitrogens is 1. The molecule has 0 atom stereocenters. The fourth-order valence-corrected chi connectivity index (χ4v) is 8.68. The standard InChI is InChI=1S/C39H48BrN8OP/c1-6-26-22-33(35(49-3)24-34(26)48-16-13-29(14-17-48)47-20-18-46(2)19-21-47)44-39-42-25-31(40)38(45-39)43-32-11-10-28(23-36(32)50(4)5)30-9-7-8-27-12-15-41-37(27)30/h7-12,15,22-25,29,41H,6,13-14,16-21H2,1-5H3,(H2,42,43,44,45). The number of nitrogens with one attached hydrogen (secondary N) is 3. The minimum atomic E-state index is -0.409. The molecule has 2 aliphatic heterocycles. The van der Waals surface area contributed by atoms with Gasteiger partial charge in [0.25, 0.3) is 0 Å². The summed E-state index contributed by atoms with van der Waals surface area (Å²) in [5.74, 6) is 2.00. The van der Waals surface area contributed by atoms with Crippen LogP contribution in [0.25, 0.3) is 22.0 Å². The summed E-state index contributed by atoms with van der Waals surface area (Å²) in [4.78, 5) is 20.7. The van der Waals surface area contributed by atoms with Crippen LogP contribution in [0.15, 0.2) is 71.5 Å². The summed E-state index contributed by atoms with van der Waals surface area (Å²) < 4.78 is 6.75. The summed E-state index contributed by atoms with van der Waals surface area (Å²) in [7, 11) is 3.56. The number of piperazine rings is 1. The lowest BCUT2D eigenvalue weighted by Gasteiger charge is -2.43. The first kappa shape index (κ1) is 34.7. The van der Waals surface area contributed by atoms with Gasteiger partial charge in [-0.25, -0.2) is 4.98 Å². The van der Waals surface area contributed by atoms with Crippen molar-refractivity contribution in [1.29, 1.82) is 0 Å². The molecule has 0 saturated carbocycles. The number of fused-ring (bicyclic) bond motifs is 1. The number of benzene rings is 3. The van der Waals surface area contributed by atoms with Gasteiger partial charge in [0.05, 0.1) is 22.8 Å². The van der Waals surface area contributed by atoms with Gasteiger partial charge in [-0.2, -0.15) is 4.98 Å². The van der Waals surface area contributed by atoms with Crippen LogP contribution in [0.4, 0.5) is 28.8 Å². The molecule has 0 amide bonds. The Balaban J connectivity index is 1.10. The Hall–Kier alpha value is -3.69. The number of halogens is 1. The number of methoxy groups -OCH3 is 1. The molecule has 2 aliphatic rings. The number of piperidine rings is 1. The van der Waals surface area contributed by atoms with E-state index in [1.807, 2.05) is 6.20 Å². The van der Waals surface area contributed by atoms with Crippen molar-refractivity contribution in [2.45, 2.75) is 32.2 Å². The van der Waals surface area contributed by atoms with Crippen LogP contribution in [0.5, 0.6) is 5.75 Å². The first-order valence-corrected chi connectivity index (χ1v) is 20.7. The maximum atomic E-state index is 5.95. The van der Waals surface area contributed by atoms with Crippen LogP contribution in [0.1, 0.15) is 25.3 Å². The summed E-state index contributed by atoms with van der Waals surface area (Å²) in [6, 6.07) is 20.3. The van der Waals surface area contributed by atoms with Crippen LogP contribution in [0.3, 0.4) is 0 Å². The van der Waals surface area contributed by atoms with Gasteiger partial charge in [-0.05, 0) is 102 Å². The van der Waals surface area contributed by atoms with Gasteiger partial charge in [0.2, 0.25) is 5.95 Å². The molecule has 3 aromatic carbocycles. The Morgan fingerprint density at radius 3 is 2.50 bits per heavy atom. The number of aryl methyl sites for hydroxylation is 1. The van der Waals surface area contributed by atoms with E-state index in [0.717, 1.165) is 46.6 Å². The second-order valence-electron chi connectivity index (χ2n) is 13.6. The van der Waals surface area contributed by atoms with Crippen LogP contribution in [-0.4, -0.2) is 97.5 Å². The molecule has 5 aromatic rings. The number of aromatic nitrogens is 3. The van der Waals surface area contributed by atoms with Crippen molar-refractivity contribution in [1.82, 2.24) is 24.8 Å². The zero-order chi connectivity index (χ0) is 34.8.